The summed E-state index contributed by atoms with van der Waals surface area (Å²) in [6.45, 7) is -3.67. The lowest BCUT2D eigenvalue weighted by molar-refractivity contribution is -0.447. The van der Waals surface area contributed by atoms with Gasteiger partial charge in [0.25, 0.3) is 0 Å². The first kappa shape index (κ1) is 42.1. The summed E-state index contributed by atoms with van der Waals surface area (Å²) in [5.41, 5.74) is 5.93. The molecule has 53 heavy (non-hydrogen) atoms. The first-order valence-electron chi connectivity index (χ1n) is 16.4. The fourth-order valence-electron chi connectivity index (χ4n) is 6.35. The van der Waals surface area contributed by atoms with Crippen LogP contribution in [0.1, 0.15) is 0 Å². The van der Waals surface area contributed by atoms with Crippen LogP contribution < -0.4 is 10.5 Å². The van der Waals surface area contributed by atoms with Crippen LogP contribution in [0.4, 0.5) is 5.69 Å². The van der Waals surface area contributed by atoms with Crippen molar-refractivity contribution in [3.63, 3.8) is 0 Å². The SMILES string of the molecule is Nc1cccnc1O[C@@H]1[C@@H](O)[C@H](O[C@H]2[C@H](O)[C@@H](O)C(O)(O)O[C@@H]2CO)O[C@H](CO)[C@@H]1O[C@@H]1O[C@H](CO)[C@@H](O[C@@H]2O[C@H](CO)[C@@H](O)[C@H](O)[C@H]2O)[C@H](O)[C@H]1O. The van der Waals surface area contributed by atoms with Crippen LogP contribution in [0.3, 0.4) is 0 Å². The van der Waals surface area contributed by atoms with Crippen molar-refractivity contribution in [2.75, 3.05) is 32.2 Å². The molecule has 4 aliphatic rings. The van der Waals surface area contributed by atoms with Crippen LogP contribution in [0.2, 0.25) is 0 Å². The lowest BCUT2D eigenvalue weighted by atomic mass is 9.95. The first-order valence-corrected chi connectivity index (χ1v) is 16.4. The number of rotatable bonds is 12. The number of hydrogen-bond acceptors (Lipinski definition) is 24. The molecule has 0 saturated carbocycles. The topological polar surface area (TPSA) is 396 Å². The minimum atomic E-state index is -3.30. The van der Waals surface area contributed by atoms with Gasteiger partial charge in [-0.05, 0) is 12.1 Å². The lowest BCUT2D eigenvalue weighted by Crippen LogP contribution is -2.69. The van der Waals surface area contributed by atoms with E-state index in [4.69, 9.17) is 43.6 Å². The molecule has 304 valence electrons. The first-order chi connectivity index (χ1) is 25.1. The second-order valence-electron chi connectivity index (χ2n) is 12.8. The molecule has 0 aromatic carbocycles. The molecule has 19 atom stereocenters. The van der Waals surface area contributed by atoms with E-state index in [1.807, 2.05) is 0 Å². The normalized spacial score (nSPS) is 46.2. The zero-order chi connectivity index (χ0) is 38.9. The number of aliphatic hydroxyl groups excluding tert-OH is 12. The average Bonchev–Trinajstić information content (AvgIpc) is 3.14. The van der Waals surface area contributed by atoms with Gasteiger partial charge in [0.2, 0.25) is 5.88 Å². The summed E-state index contributed by atoms with van der Waals surface area (Å²) < 4.78 is 44.5. The highest BCUT2D eigenvalue weighted by atomic mass is 16.8. The van der Waals surface area contributed by atoms with E-state index in [0.29, 0.717) is 0 Å². The third-order valence-electron chi connectivity index (χ3n) is 9.30. The van der Waals surface area contributed by atoms with Crippen LogP contribution in [0, 0.1) is 0 Å². The van der Waals surface area contributed by atoms with E-state index >= 15 is 0 Å². The lowest BCUT2D eigenvalue weighted by Gasteiger charge is -2.50. The summed E-state index contributed by atoms with van der Waals surface area (Å²) in [6, 6.07) is 2.84. The van der Waals surface area contributed by atoms with E-state index in [0.717, 1.165) is 0 Å². The standard InChI is InChI=1S/C29H46N2O22/c30-8-2-1-3-31-25(8)49-23-19(42)28(51-21-12(7-35)53-29(44,45)24(43)18(21)41)48-11(6-34)22(23)52-27-17(40)15(38)20(10(5-33)47-27)50-26-16(39)14(37)13(36)9(4-32)46-26/h1-3,9-24,26-28,32-45H,4-7,30H2/t9-,10-,11-,12-,13-,14+,15-,16-,17-,18+,19-,20-,21-,22+,23-,24-,26+,27+,28+/m1/s1. The van der Waals surface area contributed by atoms with Crippen LogP contribution >= 0.6 is 0 Å². The molecule has 24 nitrogen and oxygen atoms in total. The van der Waals surface area contributed by atoms with Gasteiger partial charge in [0.1, 0.15) is 85.5 Å². The van der Waals surface area contributed by atoms with Crippen molar-refractivity contribution in [2.45, 2.75) is 123 Å². The quantitative estimate of drug-likeness (QED) is 0.0877. The van der Waals surface area contributed by atoms with Crippen molar-refractivity contribution in [2.24, 2.45) is 0 Å². The van der Waals surface area contributed by atoms with Gasteiger partial charge < -0.3 is 115 Å². The largest absolute Gasteiger partial charge is 0.467 e. The molecule has 1 aromatic rings. The maximum atomic E-state index is 11.5. The van der Waals surface area contributed by atoms with Crippen molar-refractivity contribution < 1.29 is 109 Å². The van der Waals surface area contributed by atoms with E-state index < -0.39 is 149 Å². The van der Waals surface area contributed by atoms with Crippen molar-refractivity contribution >= 4 is 5.69 Å². The summed E-state index contributed by atoms with van der Waals surface area (Å²) in [7, 11) is 0. The van der Waals surface area contributed by atoms with E-state index in [-0.39, 0.29) is 11.6 Å². The molecule has 4 aliphatic heterocycles. The number of pyridine rings is 1. The van der Waals surface area contributed by atoms with Gasteiger partial charge in [-0.2, -0.15) is 0 Å². The van der Waals surface area contributed by atoms with Crippen LogP contribution in [-0.2, 0) is 33.2 Å². The summed E-state index contributed by atoms with van der Waals surface area (Å²) >= 11 is 0. The van der Waals surface area contributed by atoms with Gasteiger partial charge in [-0.1, -0.05) is 0 Å². The Kier molecular flexibility index (Phi) is 13.8. The number of hydrogen-bond donors (Lipinski definition) is 15. The molecule has 24 heteroatoms. The van der Waals surface area contributed by atoms with E-state index in [2.05, 4.69) is 4.98 Å². The van der Waals surface area contributed by atoms with Gasteiger partial charge >= 0.3 is 5.97 Å². The molecular weight excluding hydrogens is 728 g/mol. The Bertz CT molecular complexity index is 1310. The van der Waals surface area contributed by atoms with Gasteiger partial charge in [0.15, 0.2) is 31.1 Å². The third kappa shape index (κ3) is 8.53. The molecular formula is C29H46N2O22. The molecule has 5 rings (SSSR count). The molecule has 0 spiro atoms. The van der Waals surface area contributed by atoms with Gasteiger partial charge in [-0.25, -0.2) is 4.98 Å². The number of aliphatic hydroxyl groups is 14. The Hall–Kier alpha value is -2.09. The Balaban J connectivity index is 1.38. The number of anilines is 1. The smallest absolute Gasteiger partial charge is 0.308 e. The zero-order valence-electron chi connectivity index (χ0n) is 27.6. The molecule has 0 aliphatic carbocycles. The summed E-state index contributed by atoms with van der Waals surface area (Å²) in [4.78, 5) is 4.00. The Morgan fingerprint density at radius 2 is 1.08 bits per heavy atom. The Labute approximate surface area is 299 Å². The fraction of sp³-hybridized carbons (Fsp3) is 0.828. The molecule has 16 N–H and O–H groups in total. The summed E-state index contributed by atoms with van der Waals surface area (Å²) in [5.74, 6) is -3.59. The molecule has 1 aromatic heterocycles. The van der Waals surface area contributed by atoms with Gasteiger partial charge in [-0.3, -0.25) is 0 Å². The number of ether oxygens (including phenoxy) is 8. The molecule has 0 amide bonds. The average molecular weight is 775 g/mol. The predicted molar refractivity (Wildman–Crippen MR) is 162 cm³/mol. The van der Waals surface area contributed by atoms with Crippen molar-refractivity contribution in [3.05, 3.63) is 18.3 Å². The molecule has 0 bridgehead atoms. The van der Waals surface area contributed by atoms with Crippen LogP contribution in [0.15, 0.2) is 18.3 Å². The van der Waals surface area contributed by atoms with Gasteiger partial charge in [0.05, 0.1) is 32.1 Å². The van der Waals surface area contributed by atoms with Gasteiger partial charge in [-0.15, -0.1) is 0 Å². The number of nitrogen functional groups attached to an aromatic ring is 1. The minimum absolute atomic E-state index is 0.0531. The van der Waals surface area contributed by atoms with Crippen molar-refractivity contribution in [1.29, 1.82) is 0 Å². The van der Waals surface area contributed by atoms with Crippen molar-refractivity contribution in [1.82, 2.24) is 4.98 Å². The van der Waals surface area contributed by atoms with E-state index in [1.54, 1.807) is 0 Å². The highest BCUT2D eigenvalue weighted by molar-refractivity contribution is 5.47. The number of nitrogens with two attached hydrogens (primary N) is 1. The number of aromatic nitrogens is 1. The van der Waals surface area contributed by atoms with E-state index in [9.17, 15) is 71.5 Å². The van der Waals surface area contributed by atoms with Crippen molar-refractivity contribution in [3.8, 4) is 5.88 Å². The highest BCUT2D eigenvalue weighted by Crippen LogP contribution is 2.36. The highest BCUT2D eigenvalue weighted by Gasteiger charge is 2.58. The molecule has 4 saturated heterocycles. The minimum Gasteiger partial charge on any atom is -0.467 e. The molecule has 0 unspecified atom stereocenters. The maximum Gasteiger partial charge on any atom is 0.308 e. The van der Waals surface area contributed by atoms with Crippen LogP contribution in [0.5, 0.6) is 5.88 Å². The second-order valence-corrected chi connectivity index (χ2v) is 12.8. The fourth-order valence-corrected chi connectivity index (χ4v) is 6.35. The predicted octanol–water partition coefficient (Wildman–Crippen LogP) is -9.36. The maximum absolute atomic E-state index is 11.5. The Morgan fingerprint density at radius 3 is 1.64 bits per heavy atom. The second kappa shape index (κ2) is 17.4. The summed E-state index contributed by atoms with van der Waals surface area (Å²) in [5, 5.41) is 145. The third-order valence-corrected chi connectivity index (χ3v) is 9.30. The molecule has 0 radical (unpaired) electrons. The van der Waals surface area contributed by atoms with Crippen LogP contribution in [0.25, 0.3) is 0 Å². The van der Waals surface area contributed by atoms with Gasteiger partial charge in [0, 0.05) is 6.20 Å². The summed E-state index contributed by atoms with van der Waals surface area (Å²) in [6.07, 6.45) is -33.8. The number of nitrogens with zero attached hydrogens (tertiary/aromatic N) is 1. The monoisotopic (exact) mass is 774 g/mol. The molecule has 4 fully saturated rings. The Morgan fingerprint density at radius 1 is 0.585 bits per heavy atom. The van der Waals surface area contributed by atoms with E-state index in [1.165, 1.54) is 18.3 Å². The molecule has 5 heterocycles. The van der Waals surface area contributed by atoms with Crippen LogP contribution in [-0.4, -0.2) is 225 Å². The zero-order valence-corrected chi connectivity index (χ0v) is 27.6.